The summed E-state index contributed by atoms with van der Waals surface area (Å²) in [5.74, 6) is -0.352. The van der Waals surface area contributed by atoms with Gasteiger partial charge in [0.05, 0.1) is 36.4 Å². The number of nitriles is 1. The number of hydrogen-bond donors (Lipinski definition) is 0. The van der Waals surface area contributed by atoms with Crippen molar-refractivity contribution in [3.05, 3.63) is 18.0 Å². The van der Waals surface area contributed by atoms with E-state index in [2.05, 4.69) is 11.2 Å². The summed E-state index contributed by atoms with van der Waals surface area (Å²) >= 11 is 0. The first-order chi connectivity index (χ1) is 8.26. The highest BCUT2D eigenvalue weighted by atomic mass is 16.5. The van der Waals surface area contributed by atoms with Gasteiger partial charge in [-0.2, -0.15) is 10.4 Å². The first-order valence-electron chi connectivity index (χ1n) is 5.87. The molecule has 1 aromatic rings. The average molecular weight is 233 g/mol. The second kappa shape index (κ2) is 5.00. The van der Waals surface area contributed by atoms with Gasteiger partial charge in [0.2, 0.25) is 0 Å². The van der Waals surface area contributed by atoms with Gasteiger partial charge in [0.1, 0.15) is 0 Å². The molecule has 2 rings (SSSR count). The first-order valence-corrected chi connectivity index (χ1v) is 5.87. The molecular weight excluding hydrogens is 218 g/mol. The highest BCUT2D eigenvalue weighted by Gasteiger charge is 2.29. The van der Waals surface area contributed by atoms with Gasteiger partial charge in [-0.1, -0.05) is 0 Å². The van der Waals surface area contributed by atoms with E-state index in [-0.39, 0.29) is 17.9 Å². The maximum atomic E-state index is 11.5. The van der Waals surface area contributed by atoms with Crippen molar-refractivity contribution in [1.29, 1.82) is 5.26 Å². The molecule has 0 aromatic carbocycles. The van der Waals surface area contributed by atoms with Crippen molar-refractivity contribution in [2.45, 2.75) is 32.2 Å². The fourth-order valence-electron chi connectivity index (χ4n) is 2.25. The third-order valence-corrected chi connectivity index (χ3v) is 3.10. The van der Waals surface area contributed by atoms with E-state index < -0.39 is 0 Å². The lowest BCUT2D eigenvalue weighted by Crippen LogP contribution is -2.13. The molecule has 1 fully saturated rings. The van der Waals surface area contributed by atoms with Crippen LogP contribution in [0.1, 0.15) is 42.6 Å². The molecule has 2 atom stereocenters. The summed E-state index contributed by atoms with van der Waals surface area (Å²) in [4.78, 5) is 11.5. The molecule has 0 N–H and O–H groups in total. The number of hydrogen-bond acceptors (Lipinski definition) is 4. The number of nitrogens with zero attached hydrogens (tertiary/aromatic N) is 3. The van der Waals surface area contributed by atoms with Crippen molar-refractivity contribution in [1.82, 2.24) is 9.78 Å². The lowest BCUT2D eigenvalue weighted by Gasteiger charge is -2.13. The second-order valence-corrected chi connectivity index (χ2v) is 4.16. The Morgan fingerprint density at radius 2 is 2.53 bits per heavy atom. The van der Waals surface area contributed by atoms with E-state index in [9.17, 15) is 4.79 Å². The predicted octanol–water partition coefficient (Wildman–Crippen LogP) is 1.92. The van der Waals surface area contributed by atoms with E-state index in [0.29, 0.717) is 12.2 Å². The van der Waals surface area contributed by atoms with Crippen LogP contribution in [0, 0.1) is 17.2 Å². The maximum Gasteiger partial charge on any atom is 0.341 e. The molecular formula is C12H15N3O2. The zero-order valence-corrected chi connectivity index (χ0v) is 9.80. The summed E-state index contributed by atoms with van der Waals surface area (Å²) < 4.78 is 6.63. The van der Waals surface area contributed by atoms with Gasteiger partial charge in [0.25, 0.3) is 0 Å². The average Bonchev–Trinajstić information content (AvgIpc) is 2.97. The van der Waals surface area contributed by atoms with Crippen molar-refractivity contribution < 1.29 is 9.53 Å². The van der Waals surface area contributed by atoms with Gasteiger partial charge in [-0.25, -0.2) is 4.79 Å². The summed E-state index contributed by atoms with van der Waals surface area (Å²) in [6.45, 7) is 2.12. The Labute approximate surface area is 100.0 Å². The molecule has 5 nitrogen and oxygen atoms in total. The minimum atomic E-state index is -0.356. The molecule has 1 aromatic heterocycles. The standard InChI is InChI=1S/C12H15N3O2/c1-2-17-12(16)10-7-14-15(8-10)11-5-3-4-9(11)6-13/h7-9,11H,2-5H2,1H3. The van der Waals surface area contributed by atoms with Gasteiger partial charge >= 0.3 is 5.97 Å². The smallest absolute Gasteiger partial charge is 0.341 e. The first kappa shape index (κ1) is 11.6. The topological polar surface area (TPSA) is 67.9 Å². The molecule has 1 saturated carbocycles. The number of carbonyl (C=O) groups excluding carboxylic acids is 1. The lowest BCUT2D eigenvalue weighted by molar-refractivity contribution is 0.0526. The Morgan fingerprint density at radius 3 is 3.24 bits per heavy atom. The van der Waals surface area contributed by atoms with Crippen molar-refractivity contribution in [3.63, 3.8) is 0 Å². The van der Waals surface area contributed by atoms with Crippen LogP contribution < -0.4 is 0 Å². The number of esters is 1. The minimum Gasteiger partial charge on any atom is -0.462 e. The summed E-state index contributed by atoms with van der Waals surface area (Å²) in [7, 11) is 0. The van der Waals surface area contributed by atoms with Crippen molar-refractivity contribution in [2.75, 3.05) is 6.61 Å². The zero-order valence-electron chi connectivity index (χ0n) is 9.80. The van der Waals surface area contributed by atoms with Gasteiger partial charge in [-0.05, 0) is 26.2 Å². The molecule has 1 aliphatic carbocycles. The predicted molar refractivity (Wildman–Crippen MR) is 60.2 cm³/mol. The molecule has 0 saturated heterocycles. The van der Waals surface area contributed by atoms with Crippen molar-refractivity contribution >= 4 is 5.97 Å². The van der Waals surface area contributed by atoms with Crippen LogP contribution in [-0.2, 0) is 4.74 Å². The van der Waals surface area contributed by atoms with Crippen LogP contribution in [-0.4, -0.2) is 22.4 Å². The number of rotatable bonds is 3. The van der Waals surface area contributed by atoms with E-state index in [1.165, 1.54) is 6.20 Å². The second-order valence-electron chi connectivity index (χ2n) is 4.16. The van der Waals surface area contributed by atoms with E-state index in [1.807, 2.05) is 0 Å². The molecule has 1 aliphatic rings. The van der Waals surface area contributed by atoms with Gasteiger partial charge in [-0.3, -0.25) is 4.68 Å². The molecule has 0 aliphatic heterocycles. The molecule has 0 amide bonds. The van der Waals surface area contributed by atoms with E-state index in [0.717, 1.165) is 19.3 Å². The highest BCUT2D eigenvalue weighted by molar-refractivity contribution is 5.88. The molecule has 17 heavy (non-hydrogen) atoms. The molecule has 5 heteroatoms. The SMILES string of the molecule is CCOC(=O)c1cnn(C2CCCC2C#N)c1. The molecule has 0 radical (unpaired) electrons. The highest BCUT2D eigenvalue weighted by Crippen LogP contribution is 2.34. The summed E-state index contributed by atoms with van der Waals surface area (Å²) in [6.07, 6.45) is 6.08. The maximum absolute atomic E-state index is 11.5. The Hall–Kier alpha value is -1.83. The van der Waals surface area contributed by atoms with Crippen LogP contribution in [0.3, 0.4) is 0 Å². The van der Waals surface area contributed by atoms with E-state index in [4.69, 9.17) is 10.00 Å². The van der Waals surface area contributed by atoms with Gasteiger partial charge in [0, 0.05) is 6.20 Å². The Bertz CT molecular complexity index is 447. The molecule has 1 heterocycles. The lowest BCUT2D eigenvalue weighted by atomic mass is 10.1. The molecule has 0 bridgehead atoms. The van der Waals surface area contributed by atoms with Crippen LogP contribution in [0.25, 0.3) is 0 Å². The third kappa shape index (κ3) is 2.31. The summed E-state index contributed by atoms with van der Waals surface area (Å²) in [5, 5.41) is 13.2. The number of carbonyl (C=O) groups is 1. The van der Waals surface area contributed by atoms with Gasteiger partial charge < -0.3 is 4.74 Å². The third-order valence-electron chi connectivity index (χ3n) is 3.10. The normalized spacial score (nSPS) is 23.3. The van der Waals surface area contributed by atoms with Crippen LogP contribution in [0.4, 0.5) is 0 Å². The van der Waals surface area contributed by atoms with Crippen molar-refractivity contribution in [3.8, 4) is 6.07 Å². The van der Waals surface area contributed by atoms with Crippen LogP contribution >= 0.6 is 0 Å². The number of ether oxygens (including phenoxy) is 1. The summed E-state index contributed by atoms with van der Waals surface area (Å²) in [5.41, 5.74) is 0.454. The fourth-order valence-corrected chi connectivity index (χ4v) is 2.25. The number of aromatic nitrogens is 2. The minimum absolute atomic E-state index is 0.00458. The monoisotopic (exact) mass is 233 g/mol. The quantitative estimate of drug-likeness (QED) is 0.748. The van der Waals surface area contributed by atoms with Crippen LogP contribution in [0.5, 0.6) is 0 Å². The van der Waals surface area contributed by atoms with E-state index in [1.54, 1.807) is 17.8 Å². The molecule has 90 valence electrons. The Balaban J connectivity index is 2.13. The largest absolute Gasteiger partial charge is 0.462 e. The summed E-state index contributed by atoms with van der Waals surface area (Å²) in [6, 6.07) is 2.40. The Morgan fingerprint density at radius 1 is 1.71 bits per heavy atom. The Kier molecular flexibility index (Phi) is 3.43. The zero-order chi connectivity index (χ0) is 12.3. The van der Waals surface area contributed by atoms with Crippen LogP contribution in [0.2, 0.25) is 0 Å². The molecule has 0 spiro atoms. The van der Waals surface area contributed by atoms with Gasteiger partial charge in [0.15, 0.2) is 0 Å². The molecule has 2 unspecified atom stereocenters. The van der Waals surface area contributed by atoms with E-state index >= 15 is 0 Å². The fraction of sp³-hybridized carbons (Fsp3) is 0.583. The van der Waals surface area contributed by atoms with Gasteiger partial charge in [-0.15, -0.1) is 0 Å². The van der Waals surface area contributed by atoms with Crippen molar-refractivity contribution in [2.24, 2.45) is 5.92 Å². The van der Waals surface area contributed by atoms with Crippen LogP contribution in [0.15, 0.2) is 12.4 Å².